The van der Waals surface area contributed by atoms with Gasteiger partial charge >= 0.3 is 6.55 Å². The highest BCUT2D eigenvalue weighted by molar-refractivity contribution is 7.91. The number of carbonyl (C=O) groups excluding carboxylic acids is 1. The van der Waals surface area contributed by atoms with Gasteiger partial charge in [0.15, 0.2) is 9.84 Å². The molecule has 0 aliphatic heterocycles. The summed E-state index contributed by atoms with van der Waals surface area (Å²) < 4.78 is 50.2. The Balaban J connectivity index is 2.02. The molecule has 26 heavy (non-hydrogen) atoms. The van der Waals surface area contributed by atoms with E-state index in [4.69, 9.17) is 23.2 Å². The topological polar surface area (TPSA) is 81.1 Å². The van der Waals surface area contributed by atoms with Gasteiger partial charge in [-0.05, 0) is 24.6 Å². The normalized spacial score (nSPS) is 13.0. The molecular formula is C15H15Cl2F2N3O3S. The van der Waals surface area contributed by atoms with Gasteiger partial charge in [0.05, 0.1) is 6.04 Å². The van der Waals surface area contributed by atoms with Crippen LogP contribution >= 0.6 is 23.2 Å². The van der Waals surface area contributed by atoms with Crippen molar-refractivity contribution in [1.29, 1.82) is 0 Å². The van der Waals surface area contributed by atoms with Crippen molar-refractivity contribution in [3.8, 4) is 0 Å². The molecule has 1 atom stereocenters. The number of hydrogen-bond acceptors (Lipinski definition) is 4. The van der Waals surface area contributed by atoms with Crippen molar-refractivity contribution in [1.82, 2.24) is 14.9 Å². The number of nitrogens with one attached hydrogen (secondary N) is 1. The predicted octanol–water partition coefficient (Wildman–Crippen LogP) is 3.38. The van der Waals surface area contributed by atoms with Gasteiger partial charge in [0.1, 0.15) is 17.3 Å². The van der Waals surface area contributed by atoms with Crippen LogP contribution in [-0.4, -0.2) is 29.6 Å². The second-order valence-electron chi connectivity index (χ2n) is 5.52. The number of carbonyl (C=O) groups is 1. The lowest BCUT2D eigenvalue weighted by Gasteiger charge is -2.16. The number of alkyl halides is 2. The number of nitrogens with zero attached hydrogens (tertiary/aromatic N) is 2. The number of hydrogen-bond donors (Lipinski definition) is 1. The number of amides is 1. The van der Waals surface area contributed by atoms with Gasteiger partial charge < -0.3 is 5.32 Å². The van der Waals surface area contributed by atoms with Gasteiger partial charge in [-0.15, -0.1) is 0 Å². The number of sulfone groups is 1. The number of rotatable bonds is 7. The van der Waals surface area contributed by atoms with Crippen LogP contribution in [0.2, 0.25) is 10.0 Å². The van der Waals surface area contributed by atoms with Crippen LogP contribution in [0.1, 0.15) is 30.9 Å². The average molecular weight is 426 g/mol. The van der Waals surface area contributed by atoms with E-state index in [1.54, 1.807) is 19.1 Å². The highest BCUT2D eigenvalue weighted by Gasteiger charge is 2.23. The summed E-state index contributed by atoms with van der Waals surface area (Å²) in [6, 6.07) is 4.14. The summed E-state index contributed by atoms with van der Waals surface area (Å²) in [5, 5.41) is 3.26. The molecular weight excluding hydrogens is 411 g/mol. The SMILES string of the molecule is CC(NC(=O)CS(=O)(=O)Cc1nccn1C(F)F)c1ccc(Cl)cc1Cl. The van der Waals surface area contributed by atoms with E-state index in [1.165, 1.54) is 6.07 Å². The van der Waals surface area contributed by atoms with E-state index in [2.05, 4.69) is 10.3 Å². The first-order chi connectivity index (χ1) is 12.1. The molecule has 0 saturated heterocycles. The van der Waals surface area contributed by atoms with Crippen LogP contribution in [0, 0.1) is 0 Å². The summed E-state index contributed by atoms with van der Waals surface area (Å²) in [6.07, 6.45) is 2.04. The average Bonchev–Trinajstić information content (AvgIpc) is 2.93. The first-order valence-corrected chi connectivity index (χ1v) is 9.91. The zero-order valence-corrected chi connectivity index (χ0v) is 15.8. The Hall–Kier alpha value is -1.71. The second-order valence-corrected chi connectivity index (χ2v) is 8.42. The maximum atomic E-state index is 12.8. The first kappa shape index (κ1) is 20.6. The Bertz CT molecular complexity index is 903. The molecule has 0 bridgehead atoms. The number of aromatic nitrogens is 2. The second kappa shape index (κ2) is 8.32. The Labute approximate surface area is 159 Å². The molecule has 0 saturated carbocycles. The van der Waals surface area contributed by atoms with E-state index in [0.29, 0.717) is 20.2 Å². The molecule has 1 aromatic carbocycles. The lowest BCUT2D eigenvalue weighted by molar-refractivity contribution is -0.119. The molecule has 0 spiro atoms. The Morgan fingerprint density at radius 1 is 1.35 bits per heavy atom. The van der Waals surface area contributed by atoms with E-state index < -0.39 is 39.8 Å². The van der Waals surface area contributed by atoms with Crippen LogP contribution in [-0.2, 0) is 20.4 Å². The number of imidazole rings is 1. The quantitative estimate of drug-likeness (QED) is 0.736. The molecule has 1 aromatic heterocycles. The maximum Gasteiger partial charge on any atom is 0.319 e. The summed E-state index contributed by atoms with van der Waals surface area (Å²) >= 11 is 11.9. The number of benzene rings is 1. The third-order valence-electron chi connectivity index (χ3n) is 3.47. The summed E-state index contributed by atoms with van der Waals surface area (Å²) in [6.45, 7) is -1.29. The molecule has 142 valence electrons. The minimum atomic E-state index is -3.99. The van der Waals surface area contributed by atoms with Crippen molar-refractivity contribution in [2.24, 2.45) is 0 Å². The van der Waals surface area contributed by atoms with Crippen LogP contribution in [0.5, 0.6) is 0 Å². The molecule has 2 aromatic rings. The molecule has 1 unspecified atom stereocenters. The molecule has 1 heterocycles. The third-order valence-corrected chi connectivity index (χ3v) is 5.43. The van der Waals surface area contributed by atoms with Crippen molar-refractivity contribution in [3.63, 3.8) is 0 Å². The third kappa shape index (κ3) is 5.39. The van der Waals surface area contributed by atoms with E-state index in [-0.39, 0.29) is 5.82 Å². The molecule has 11 heteroatoms. The summed E-state index contributed by atoms with van der Waals surface area (Å²) in [4.78, 5) is 15.6. The van der Waals surface area contributed by atoms with Crippen LogP contribution in [0.15, 0.2) is 30.6 Å². The lowest BCUT2D eigenvalue weighted by atomic mass is 10.1. The van der Waals surface area contributed by atoms with E-state index in [1.807, 2.05) is 0 Å². The Morgan fingerprint density at radius 3 is 2.65 bits per heavy atom. The van der Waals surface area contributed by atoms with Crippen molar-refractivity contribution in [2.45, 2.75) is 25.3 Å². The molecule has 0 fully saturated rings. The van der Waals surface area contributed by atoms with Crippen LogP contribution < -0.4 is 5.32 Å². The smallest absolute Gasteiger partial charge is 0.319 e. The molecule has 0 radical (unpaired) electrons. The first-order valence-electron chi connectivity index (χ1n) is 7.33. The lowest BCUT2D eigenvalue weighted by Crippen LogP contribution is -2.33. The molecule has 2 rings (SSSR count). The van der Waals surface area contributed by atoms with Crippen LogP contribution in [0.3, 0.4) is 0 Å². The van der Waals surface area contributed by atoms with Gasteiger partial charge in [-0.1, -0.05) is 29.3 Å². The minimum Gasteiger partial charge on any atom is -0.349 e. The van der Waals surface area contributed by atoms with E-state index in [9.17, 15) is 22.0 Å². The molecule has 0 aliphatic rings. The molecule has 1 amide bonds. The highest BCUT2D eigenvalue weighted by Crippen LogP contribution is 2.26. The van der Waals surface area contributed by atoms with Gasteiger partial charge in [-0.2, -0.15) is 8.78 Å². The van der Waals surface area contributed by atoms with Crippen molar-refractivity contribution in [3.05, 3.63) is 52.0 Å². The fraction of sp³-hybridized carbons (Fsp3) is 0.333. The minimum absolute atomic E-state index is 0.326. The van der Waals surface area contributed by atoms with Crippen LogP contribution in [0.4, 0.5) is 8.78 Å². The largest absolute Gasteiger partial charge is 0.349 e. The van der Waals surface area contributed by atoms with Crippen LogP contribution in [0.25, 0.3) is 0 Å². The van der Waals surface area contributed by atoms with Crippen molar-refractivity contribution >= 4 is 38.9 Å². The number of halogens is 4. The fourth-order valence-corrected chi connectivity index (χ4v) is 4.07. The van der Waals surface area contributed by atoms with Gasteiger partial charge in [-0.3, -0.25) is 9.36 Å². The summed E-state index contributed by atoms with van der Waals surface area (Å²) in [5.74, 6) is -2.74. The summed E-state index contributed by atoms with van der Waals surface area (Å²) in [5.41, 5.74) is 0.565. The molecule has 1 N–H and O–H groups in total. The summed E-state index contributed by atoms with van der Waals surface area (Å²) in [7, 11) is -3.99. The van der Waals surface area contributed by atoms with Gasteiger partial charge in [0, 0.05) is 22.4 Å². The highest BCUT2D eigenvalue weighted by atomic mass is 35.5. The van der Waals surface area contributed by atoms with E-state index >= 15 is 0 Å². The zero-order chi connectivity index (χ0) is 19.5. The molecule has 0 aliphatic carbocycles. The van der Waals surface area contributed by atoms with Gasteiger partial charge in [-0.25, -0.2) is 13.4 Å². The van der Waals surface area contributed by atoms with Gasteiger partial charge in [0.25, 0.3) is 0 Å². The molecule has 6 nitrogen and oxygen atoms in total. The van der Waals surface area contributed by atoms with E-state index in [0.717, 1.165) is 12.4 Å². The van der Waals surface area contributed by atoms with Crippen molar-refractivity contribution in [2.75, 3.05) is 5.75 Å². The van der Waals surface area contributed by atoms with Crippen molar-refractivity contribution < 1.29 is 22.0 Å². The monoisotopic (exact) mass is 425 g/mol. The maximum absolute atomic E-state index is 12.8. The Kier molecular flexibility index (Phi) is 6.59. The zero-order valence-electron chi connectivity index (χ0n) is 13.5. The van der Waals surface area contributed by atoms with Gasteiger partial charge in [0.2, 0.25) is 5.91 Å². The predicted molar refractivity (Wildman–Crippen MR) is 94.0 cm³/mol. The standard InChI is InChI=1S/C15H15Cl2F2N3O3S/c1-9(11-3-2-10(16)6-12(11)17)21-14(23)8-26(24,25)7-13-20-4-5-22(13)15(18)19/h2-6,9,15H,7-8H2,1H3,(H,21,23). The Morgan fingerprint density at radius 2 is 2.04 bits per heavy atom. The fourth-order valence-electron chi connectivity index (χ4n) is 2.29.